The van der Waals surface area contributed by atoms with Gasteiger partial charge in [0.25, 0.3) is 0 Å². The molecular weight excluding hydrogens is 402 g/mol. The molecule has 0 radical (unpaired) electrons. The summed E-state index contributed by atoms with van der Waals surface area (Å²) in [6.45, 7) is 4.68. The Kier molecular flexibility index (Phi) is 11.0. The molecule has 13 heteroatoms. The predicted octanol–water partition coefficient (Wildman–Crippen LogP) is -2.73. The van der Waals surface area contributed by atoms with Gasteiger partial charge in [0, 0.05) is 6.42 Å². The second kappa shape index (κ2) is 12.4. The molecule has 0 saturated heterocycles. The lowest BCUT2D eigenvalue weighted by Crippen LogP contribution is -2.58. The van der Waals surface area contributed by atoms with Crippen molar-refractivity contribution >= 4 is 35.6 Å². The molecule has 4 unspecified atom stereocenters. The summed E-state index contributed by atoms with van der Waals surface area (Å²) in [6, 6.07) is -5.06. The summed E-state index contributed by atoms with van der Waals surface area (Å²) in [5.41, 5.74) is 10.4. The van der Waals surface area contributed by atoms with Gasteiger partial charge in [-0.3, -0.25) is 24.0 Å². The average molecular weight is 431 g/mol. The molecule has 0 rings (SSSR count). The molecule has 170 valence electrons. The summed E-state index contributed by atoms with van der Waals surface area (Å²) in [4.78, 5) is 70.0. The van der Waals surface area contributed by atoms with Gasteiger partial charge in [-0.15, -0.1) is 0 Å². The number of hydrogen-bond donors (Lipinski definition) is 7. The molecule has 0 aliphatic rings. The van der Waals surface area contributed by atoms with E-state index < -0.39 is 78.5 Å². The zero-order valence-electron chi connectivity index (χ0n) is 17.0. The first kappa shape index (κ1) is 26.8. The fourth-order valence-electron chi connectivity index (χ4n) is 2.29. The molecule has 0 saturated carbocycles. The Morgan fingerprint density at radius 3 is 1.77 bits per heavy atom. The smallest absolute Gasteiger partial charge is 0.326 e. The van der Waals surface area contributed by atoms with Gasteiger partial charge in [-0.1, -0.05) is 13.8 Å². The first-order chi connectivity index (χ1) is 13.8. The van der Waals surface area contributed by atoms with Gasteiger partial charge >= 0.3 is 11.9 Å². The molecule has 0 aromatic carbocycles. The van der Waals surface area contributed by atoms with Crippen LogP contribution in [0.2, 0.25) is 0 Å². The minimum Gasteiger partial charge on any atom is -0.481 e. The van der Waals surface area contributed by atoms with Crippen LogP contribution in [0.1, 0.15) is 40.0 Å². The summed E-state index contributed by atoms with van der Waals surface area (Å²) in [6.07, 6.45) is -1.56. The summed E-state index contributed by atoms with van der Waals surface area (Å²) in [5, 5.41) is 24.8. The average Bonchev–Trinajstić information content (AvgIpc) is 2.60. The Labute approximate surface area is 172 Å². The van der Waals surface area contributed by atoms with Gasteiger partial charge in [-0.2, -0.15) is 0 Å². The minimum atomic E-state index is -1.65. The van der Waals surface area contributed by atoms with Gasteiger partial charge in [0.15, 0.2) is 0 Å². The molecule has 4 atom stereocenters. The molecule has 0 aromatic heterocycles. The maximum absolute atomic E-state index is 12.6. The van der Waals surface area contributed by atoms with Crippen LogP contribution in [0.25, 0.3) is 0 Å². The van der Waals surface area contributed by atoms with Crippen LogP contribution < -0.4 is 27.4 Å². The van der Waals surface area contributed by atoms with Crippen molar-refractivity contribution in [2.45, 2.75) is 64.2 Å². The zero-order chi connectivity index (χ0) is 23.6. The Balaban J connectivity index is 5.47. The van der Waals surface area contributed by atoms with E-state index in [1.165, 1.54) is 6.92 Å². The van der Waals surface area contributed by atoms with Gasteiger partial charge in [-0.05, 0) is 19.3 Å². The van der Waals surface area contributed by atoms with E-state index in [0.29, 0.717) is 0 Å². The van der Waals surface area contributed by atoms with E-state index in [4.69, 9.17) is 21.7 Å². The Hall–Kier alpha value is -3.22. The minimum absolute atomic E-state index is 0.359. The Bertz CT molecular complexity index is 679. The largest absolute Gasteiger partial charge is 0.481 e. The maximum atomic E-state index is 12.6. The van der Waals surface area contributed by atoms with Gasteiger partial charge in [0.2, 0.25) is 23.6 Å². The van der Waals surface area contributed by atoms with E-state index in [1.807, 2.05) is 5.32 Å². The highest BCUT2D eigenvalue weighted by Crippen LogP contribution is 2.06. The molecular formula is C17H29N5O8. The van der Waals surface area contributed by atoms with Crippen molar-refractivity contribution in [2.24, 2.45) is 17.4 Å². The number of carboxylic acid groups (broad SMARTS) is 2. The Morgan fingerprint density at radius 2 is 1.37 bits per heavy atom. The third-order valence-electron chi connectivity index (χ3n) is 3.96. The van der Waals surface area contributed by atoms with Crippen molar-refractivity contribution in [3.63, 3.8) is 0 Å². The summed E-state index contributed by atoms with van der Waals surface area (Å²) < 4.78 is 0. The fraction of sp³-hybridized carbons (Fsp3) is 0.647. The number of nitrogens with one attached hydrogen (secondary N) is 3. The molecule has 0 spiro atoms. The quantitative estimate of drug-likeness (QED) is 0.160. The second-order valence-electron chi connectivity index (χ2n) is 7.08. The van der Waals surface area contributed by atoms with Crippen molar-refractivity contribution in [3.05, 3.63) is 0 Å². The second-order valence-corrected chi connectivity index (χ2v) is 7.08. The van der Waals surface area contributed by atoms with Gasteiger partial charge < -0.3 is 37.6 Å². The number of amides is 4. The predicted molar refractivity (Wildman–Crippen MR) is 103 cm³/mol. The molecule has 0 bridgehead atoms. The number of primary amides is 1. The number of aliphatic carboxylic acids is 2. The van der Waals surface area contributed by atoms with Crippen molar-refractivity contribution in [3.8, 4) is 0 Å². The van der Waals surface area contributed by atoms with Gasteiger partial charge in [0.05, 0.1) is 12.5 Å². The molecule has 4 amide bonds. The third-order valence-corrected chi connectivity index (χ3v) is 3.96. The Morgan fingerprint density at radius 1 is 0.833 bits per heavy atom. The van der Waals surface area contributed by atoms with Crippen LogP contribution >= 0.6 is 0 Å². The normalized spacial score (nSPS) is 14.7. The van der Waals surface area contributed by atoms with E-state index >= 15 is 0 Å². The number of rotatable bonds is 13. The van der Waals surface area contributed by atoms with Crippen LogP contribution in [0.15, 0.2) is 0 Å². The van der Waals surface area contributed by atoms with E-state index in [1.54, 1.807) is 13.8 Å². The first-order valence-corrected chi connectivity index (χ1v) is 9.15. The topological polar surface area (TPSA) is 231 Å². The van der Waals surface area contributed by atoms with Gasteiger partial charge in [0.1, 0.15) is 18.1 Å². The maximum Gasteiger partial charge on any atom is 0.326 e. The highest BCUT2D eigenvalue weighted by atomic mass is 16.4. The molecule has 0 heterocycles. The van der Waals surface area contributed by atoms with Gasteiger partial charge in [-0.25, -0.2) is 4.79 Å². The van der Waals surface area contributed by atoms with E-state index in [9.17, 15) is 28.8 Å². The van der Waals surface area contributed by atoms with Crippen molar-refractivity contribution in [1.29, 1.82) is 0 Å². The number of carboxylic acids is 2. The van der Waals surface area contributed by atoms with E-state index in [0.717, 1.165) is 0 Å². The fourth-order valence-corrected chi connectivity index (χ4v) is 2.29. The summed E-state index contributed by atoms with van der Waals surface area (Å²) in [7, 11) is 0. The lowest BCUT2D eigenvalue weighted by atomic mass is 10.0. The summed E-state index contributed by atoms with van der Waals surface area (Å²) >= 11 is 0. The lowest BCUT2D eigenvalue weighted by molar-refractivity contribution is -0.144. The molecule has 13 nitrogen and oxygen atoms in total. The van der Waals surface area contributed by atoms with Crippen LogP contribution in [-0.4, -0.2) is 69.9 Å². The molecule has 9 N–H and O–H groups in total. The van der Waals surface area contributed by atoms with Crippen molar-refractivity contribution < 1.29 is 39.0 Å². The van der Waals surface area contributed by atoms with Crippen LogP contribution in [0.4, 0.5) is 0 Å². The van der Waals surface area contributed by atoms with Crippen LogP contribution in [0.3, 0.4) is 0 Å². The highest BCUT2D eigenvalue weighted by Gasteiger charge is 2.31. The number of hydrogen-bond acceptors (Lipinski definition) is 7. The zero-order valence-corrected chi connectivity index (χ0v) is 17.0. The van der Waals surface area contributed by atoms with Crippen LogP contribution in [-0.2, 0) is 28.8 Å². The van der Waals surface area contributed by atoms with E-state index in [-0.39, 0.29) is 6.42 Å². The highest BCUT2D eigenvalue weighted by molar-refractivity contribution is 5.95. The van der Waals surface area contributed by atoms with E-state index in [2.05, 4.69) is 10.6 Å². The van der Waals surface area contributed by atoms with Crippen LogP contribution in [0, 0.1) is 5.92 Å². The number of carbonyl (C=O) groups excluding carboxylic acids is 4. The lowest BCUT2D eigenvalue weighted by Gasteiger charge is -2.26. The molecule has 0 aliphatic heterocycles. The number of nitrogens with two attached hydrogens (primary N) is 2. The molecule has 0 aromatic rings. The summed E-state index contributed by atoms with van der Waals surface area (Å²) in [5.74, 6) is -6.58. The van der Waals surface area contributed by atoms with Crippen molar-refractivity contribution in [1.82, 2.24) is 16.0 Å². The van der Waals surface area contributed by atoms with Crippen molar-refractivity contribution in [2.75, 3.05) is 0 Å². The standard InChI is InChI=1S/C17H29N5O8/c1-7(2)13(22-14(26)8(3)18)16(28)20-9(4-5-12(24)25)15(27)21-10(17(29)30)6-11(19)23/h7-10,13H,4-6,18H2,1-3H3,(H2,19,23)(H,20,28)(H,21,27)(H,22,26)(H,24,25)(H,29,30). The van der Waals surface area contributed by atoms with Crippen LogP contribution in [0.5, 0.6) is 0 Å². The molecule has 0 aliphatic carbocycles. The molecule has 0 fully saturated rings. The number of carbonyl (C=O) groups is 6. The third kappa shape index (κ3) is 9.82. The monoisotopic (exact) mass is 431 g/mol. The first-order valence-electron chi connectivity index (χ1n) is 9.15. The molecule has 30 heavy (non-hydrogen) atoms. The SMILES string of the molecule is CC(N)C(=O)NC(C(=O)NC(CCC(=O)O)C(=O)NC(CC(N)=O)C(=O)O)C(C)C.